The van der Waals surface area contributed by atoms with Crippen molar-refractivity contribution >= 4 is 39.3 Å². The number of carbonyl (C=O) groups is 1. The topological polar surface area (TPSA) is 104 Å². The highest BCUT2D eigenvalue weighted by Gasteiger charge is 2.31. The third-order valence-electron chi connectivity index (χ3n) is 4.07. The predicted molar refractivity (Wildman–Crippen MR) is 108 cm³/mol. The zero-order valence-electron chi connectivity index (χ0n) is 15.2. The third kappa shape index (κ3) is 6.54. The van der Waals surface area contributed by atoms with E-state index >= 15 is 0 Å². The van der Waals surface area contributed by atoms with Gasteiger partial charge >= 0.3 is 16.4 Å². The molecule has 2 heterocycles. The molecular weight excluding hydrogens is 426 g/mol. The van der Waals surface area contributed by atoms with Crippen LogP contribution >= 0.6 is 22.9 Å². The van der Waals surface area contributed by atoms with Crippen LogP contribution in [0.4, 0.5) is 0 Å². The first-order chi connectivity index (χ1) is 13.2. The van der Waals surface area contributed by atoms with Crippen molar-refractivity contribution < 1.29 is 27.1 Å². The Hall–Kier alpha value is -1.49. The maximum atomic E-state index is 11.7. The minimum atomic E-state index is -4.19. The summed E-state index contributed by atoms with van der Waals surface area (Å²) in [6.45, 7) is 3.20. The molecular formula is C18H22ClNO6S2. The number of benzene rings is 1. The standard InChI is InChI=1S/C15H14ClNO2S.C3H8O4S/c16-12-4-2-1-3-11(12)14(15(18)19)17-7-5-13-10(9-17)6-8-20-13;1-2-3-7-8(4,5)6/h1-4,6,8,14H,5,7,9H2,(H,18,19);2-3H2,1H3,(H,4,5,6)/t14-;/m0./s1. The van der Waals surface area contributed by atoms with E-state index in [1.54, 1.807) is 30.4 Å². The van der Waals surface area contributed by atoms with Crippen LogP contribution in [0.2, 0.25) is 5.02 Å². The Balaban J connectivity index is 0.000000300. The Morgan fingerprint density at radius 3 is 2.64 bits per heavy atom. The molecule has 0 spiro atoms. The zero-order valence-corrected chi connectivity index (χ0v) is 17.6. The monoisotopic (exact) mass is 447 g/mol. The number of rotatable bonds is 6. The Labute approximate surface area is 173 Å². The molecule has 1 aliphatic heterocycles. The van der Waals surface area contributed by atoms with Crippen LogP contribution < -0.4 is 0 Å². The van der Waals surface area contributed by atoms with Gasteiger partial charge in [0.2, 0.25) is 0 Å². The molecule has 3 rings (SSSR count). The van der Waals surface area contributed by atoms with Gasteiger partial charge in [0, 0.05) is 23.0 Å². The van der Waals surface area contributed by atoms with Crippen LogP contribution in [0, 0.1) is 0 Å². The molecule has 28 heavy (non-hydrogen) atoms. The second-order valence-corrected chi connectivity index (χ2v) is 8.60. The van der Waals surface area contributed by atoms with Gasteiger partial charge in [-0.25, -0.2) is 4.18 Å². The molecule has 7 nitrogen and oxygen atoms in total. The summed E-state index contributed by atoms with van der Waals surface area (Å²) >= 11 is 7.92. The van der Waals surface area contributed by atoms with E-state index in [1.165, 1.54) is 10.4 Å². The Bertz CT molecular complexity index is 899. The molecule has 10 heteroatoms. The SMILES string of the molecule is CCCOS(=O)(=O)O.O=C(O)[C@H](c1ccccc1Cl)N1CCc2sccc2C1. The maximum Gasteiger partial charge on any atom is 0.397 e. The molecule has 154 valence electrons. The summed E-state index contributed by atoms with van der Waals surface area (Å²) in [6, 6.07) is 8.58. The number of fused-ring (bicyclic) bond motifs is 1. The maximum absolute atomic E-state index is 11.7. The van der Waals surface area contributed by atoms with Crippen molar-refractivity contribution in [3.63, 3.8) is 0 Å². The molecule has 0 amide bonds. The molecule has 0 aliphatic carbocycles. The van der Waals surface area contributed by atoms with Gasteiger partial charge in [-0.15, -0.1) is 11.3 Å². The average molecular weight is 448 g/mol. The smallest absolute Gasteiger partial charge is 0.397 e. The van der Waals surface area contributed by atoms with Crippen LogP contribution in [0.5, 0.6) is 0 Å². The lowest BCUT2D eigenvalue weighted by atomic mass is 10.0. The van der Waals surface area contributed by atoms with E-state index in [0.29, 0.717) is 23.6 Å². The Morgan fingerprint density at radius 2 is 2.07 bits per heavy atom. The number of carboxylic acid groups (broad SMARTS) is 1. The van der Waals surface area contributed by atoms with Crippen LogP contribution in [-0.4, -0.2) is 42.1 Å². The predicted octanol–water partition coefficient (Wildman–Crippen LogP) is 3.80. The fraction of sp³-hybridized carbons (Fsp3) is 0.389. The summed E-state index contributed by atoms with van der Waals surface area (Å²) in [6.07, 6.45) is 1.47. The second-order valence-electron chi connectivity index (χ2n) is 6.10. The Kier molecular flexibility index (Phi) is 8.41. The van der Waals surface area contributed by atoms with E-state index in [1.807, 2.05) is 17.0 Å². The molecule has 2 N–H and O–H groups in total. The molecule has 0 bridgehead atoms. The number of thiophene rings is 1. The summed E-state index contributed by atoms with van der Waals surface area (Å²) in [7, 11) is -4.19. The minimum Gasteiger partial charge on any atom is -0.480 e. The molecule has 0 fully saturated rings. The first-order valence-electron chi connectivity index (χ1n) is 8.61. The first kappa shape index (κ1) is 22.8. The van der Waals surface area contributed by atoms with Gasteiger partial charge in [-0.1, -0.05) is 36.7 Å². The van der Waals surface area contributed by atoms with Crippen molar-refractivity contribution in [2.45, 2.75) is 32.4 Å². The Morgan fingerprint density at radius 1 is 1.36 bits per heavy atom. The fourth-order valence-electron chi connectivity index (χ4n) is 2.86. The summed E-state index contributed by atoms with van der Waals surface area (Å²) in [4.78, 5) is 15.1. The summed E-state index contributed by atoms with van der Waals surface area (Å²) < 4.78 is 31.3. The largest absolute Gasteiger partial charge is 0.480 e. The van der Waals surface area contributed by atoms with Gasteiger partial charge in [0.1, 0.15) is 6.04 Å². The quantitative estimate of drug-likeness (QED) is 0.649. The van der Waals surface area contributed by atoms with E-state index < -0.39 is 22.4 Å². The molecule has 0 radical (unpaired) electrons. The van der Waals surface area contributed by atoms with Crippen molar-refractivity contribution in [2.24, 2.45) is 0 Å². The molecule has 0 unspecified atom stereocenters. The van der Waals surface area contributed by atoms with Crippen molar-refractivity contribution in [3.8, 4) is 0 Å². The lowest BCUT2D eigenvalue weighted by Crippen LogP contribution is -2.37. The van der Waals surface area contributed by atoms with Crippen molar-refractivity contribution in [1.82, 2.24) is 4.90 Å². The van der Waals surface area contributed by atoms with E-state index in [2.05, 4.69) is 15.6 Å². The normalized spacial score (nSPS) is 15.2. The van der Waals surface area contributed by atoms with Gasteiger partial charge in [-0.05, 0) is 41.5 Å². The molecule has 0 saturated heterocycles. The third-order valence-corrected chi connectivity index (χ3v) is 5.90. The molecule has 1 aromatic carbocycles. The van der Waals surface area contributed by atoms with Gasteiger partial charge in [0.25, 0.3) is 0 Å². The summed E-state index contributed by atoms with van der Waals surface area (Å²) in [5.41, 5.74) is 1.90. The van der Waals surface area contributed by atoms with Crippen LogP contribution in [0.15, 0.2) is 35.7 Å². The summed E-state index contributed by atoms with van der Waals surface area (Å²) in [5.74, 6) is -0.850. The van der Waals surface area contributed by atoms with E-state index in [4.69, 9.17) is 16.2 Å². The highest BCUT2D eigenvalue weighted by Crippen LogP contribution is 2.33. The van der Waals surface area contributed by atoms with E-state index in [-0.39, 0.29) is 6.61 Å². The van der Waals surface area contributed by atoms with Crippen LogP contribution in [-0.2, 0) is 32.3 Å². The highest BCUT2D eigenvalue weighted by atomic mass is 35.5. The number of hydrogen-bond donors (Lipinski definition) is 2. The van der Waals surface area contributed by atoms with Crippen LogP contribution in [0.1, 0.15) is 35.4 Å². The van der Waals surface area contributed by atoms with Gasteiger partial charge in [-0.2, -0.15) is 8.42 Å². The number of aliphatic carboxylic acids is 1. The van der Waals surface area contributed by atoms with Crippen molar-refractivity contribution in [1.29, 1.82) is 0 Å². The lowest BCUT2D eigenvalue weighted by molar-refractivity contribution is -0.144. The minimum absolute atomic E-state index is 0.0405. The molecule has 1 aliphatic rings. The summed E-state index contributed by atoms with van der Waals surface area (Å²) in [5, 5.41) is 12.2. The van der Waals surface area contributed by atoms with Crippen molar-refractivity contribution in [2.75, 3.05) is 13.2 Å². The van der Waals surface area contributed by atoms with Gasteiger partial charge in [-0.3, -0.25) is 14.2 Å². The first-order valence-corrected chi connectivity index (χ1v) is 11.2. The number of halogens is 1. The van der Waals surface area contributed by atoms with Crippen LogP contribution in [0.3, 0.4) is 0 Å². The average Bonchev–Trinajstić information content (AvgIpc) is 3.09. The van der Waals surface area contributed by atoms with Crippen molar-refractivity contribution in [3.05, 3.63) is 56.7 Å². The highest BCUT2D eigenvalue weighted by molar-refractivity contribution is 7.80. The van der Waals surface area contributed by atoms with Gasteiger partial charge in [0.15, 0.2) is 0 Å². The second kappa shape index (κ2) is 10.3. The zero-order chi connectivity index (χ0) is 20.7. The molecule has 0 saturated carbocycles. The molecule has 1 aromatic heterocycles. The van der Waals surface area contributed by atoms with Gasteiger partial charge < -0.3 is 5.11 Å². The van der Waals surface area contributed by atoms with Gasteiger partial charge in [0.05, 0.1) is 6.61 Å². The molecule has 2 aromatic rings. The number of hydrogen-bond acceptors (Lipinski definition) is 6. The van der Waals surface area contributed by atoms with E-state index in [0.717, 1.165) is 13.0 Å². The number of carboxylic acids is 1. The number of nitrogens with zero attached hydrogens (tertiary/aromatic N) is 1. The lowest BCUT2D eigenvalue weighted by Gasteiger charge is -2.32. The molecule has 1 atom stereocenters. The fourth-order valence-corrected chi connectivity index (χ4v) is 4.37. The van der Waals surface area contributed by atoms with E-state index in [9.17, 15) is 18.3 Å². The van der Waals surface area contributed by atoms with Crippen LogP contribution in [0.25, 0.3) is 0 Å².